The molecular weight excluding hydrogens is 332 g/mol. The minimum atomic E-state index is -0.183. The van der Waals surface area contributed by atoms with Gasteiger partial charge in [-0.25, -0.2) is 0 Å². The SMILES string of the molecule is CCOc1ccccc1NC(=O)CCN(C(C)=O)c1ccc(OC)cc1. The van der Waals surface area contributed by atoms with Crippen LogP contribution in [0.15, 0.2) is 48.5 Å². The molecule has 2 rings (SSSR count). The van der Waals surface area contributed by atoms with Gasteiger partial charge in [-0.2, -0.15) is 0 Å². The molecule has 0 saturated heterocycles. The van der Waals surface area contributed by atoms with E-state index in [2.05, 4.69) is 5.32 Å². The molecular formula is C20H24N2O4. The number of carbonyl (C=O) groups excluding carboxylic acids is 2. The van der Waals surface area contributed by atoms with Crippen LogP contribution >= 0.6 is 0 Å². The third-order valence-electron chi connectivity index (χ3n) is 3.79. The molecule has 0 atom stereocenters. The van der Waals surface area contributed by atoms with Crippen LogP contribution in [-0.2, 0) is 9.59 Å². The van der Waals surface area contributed by atoms with Crippen LogP contribution in [0.5, 0.6) is 11.5 Å². The molecule has 26 heavy (non-hydrogen) atoms. The number of anilines is 2. The van der Waals surface area contributed by atoms with E-state index >= 15 is 0 Å². The Hall–Kier alpha value is -3.02. The van der Waals surface area contributed by atoms with Gasteiger partial charge in [0.1, 0.15) is 11.5 Å². The van der Waals surface area contributed by atoms with Crippen LogP contribution in [0.3, 0.4) is 0 Å². The maximum atomic E-state index is 12.3. The van der Waals surface area contributed by atoms with Crippen molar-refractivity contribution < 1.29 is 19.1 Å². The molecule has 0 fully saturated rings. The highest BCUT2D eigenvalue weighted by molar-refractivity contribution is 5.95. The van der Waals surface area contributed by atoms with Crippen molar-refractivity contribution >= 4 is 23.2 Å². The van der Waals surface area contributed by atoms with Gasteiger partial charge in [-0.3, -0.25) is 9.59 Å². The Labute approximate surface area is 153 Å². The summed E-state index contributed by atoms with van der Waals surface area (Å²) in [4.78, 5) is 25.8. The highest BCUT2D eigenvalue weighted by Crippen LogP contribution is 2.24. The van der Waals surface area contributed by atoms with Gasteiger partial charge in [-0.15, -0.1) is 0 Å². The lowest BCUT2D eigenvalue weighted by atomic mass is 10.2. The van der Waals surface area contributed by atoms with Crippen LogP contribution in [0.2, 0.25) is 0 Å². The molecule has 1 N–H and O–H groups in total. The molecule has 2 amide bonds. The molecule has 6 heteroatoms. The number of ether oxygens (including phenoxy) is 2. The van der Waals surface area contributed by atoms with Crippen molar-refractivity contribution in [1.29, 1.82) is 0 Å². The van der Waals surface area contributed by atoms with Crippen LogP contribution in [-0.4, -0.2) is 32.1 Å². The van der Waals surface area contributed by atoms with Crippen molar-refractivity contribution in [3.63, 3.8) is 0 Å². The third kappa shape index (κ3) is 5.24. The monoisotopic (exact) mass is 356 g/mol. The van der Waals surface area contributed by atoms with Crippen LogP contribution in [0.1, 0.15) is 20.3 Å². The molecule has 138 valence electrons. The van der Waals surface area contributed by atoms with E-state index in [1.54, 1.807) is 48.4 Å². The Bertz CT molecular complexity index is 744. The molecule has 2 aromatic rings. The quantitative estimate of drug-likeness (QED) is 0.786. The molecule has 0 aliphatic heterocycles. The molecule has 0 aromatic heterocycles. The summed E-state index contributed by atoms with van der Waals surface area (Å²) in [6.45, 7) is 4.16. The standard InChI is InChI=1S/C20H24N2O4/c1-4-26-19-8-6-5-7-18(19)21-20(24)13-14-22(15(2)23)16-9-11-17(25-3)12-10-16/h5-12H,4,13-14H2,1-3H3,(H,21,24). The van der Waals surface area contributed by atoms with Gasteiger partial charge < -0.3 is 19.7 Å². The molecule has 0 spiro atoms. The fraction of sp³-hybridized carbons (Fsp3) is 0.300. The van der Waals surface area contributed by atoms with Gasteiger partial charge in [-0.05, 0) is 43.3 Å². The number of methoxy groups -OCH3 is 1. The second-order valence-corrected chi connectivity index (χ2v) is 5.60. The van der Waals surface area contributed by atoms with E-state index in [1.807, 2.05) is 19.1 Å². The number of hydrogen-bond acceptors (Lipinski definition) is 4. The van der Waals surface area contributed by atoms with E-state index in [-0.39, 0.29) is 24.8 Å². The molecule has 2 aromatic carbocycles. The lowest BCUT2D eigenvalue weighted by Gasteiger charge is -2.21. The Kier molecular flexibility index (Phi) is 7.02. The van der Waals surface area contributed by atoms with Gasteiger partial charge in [0.2, 0.25) is 11.8 Å². The first-order valence-electron chi connectivity index (χ1n) is 8.49. The smallest absolute Gasteiger partial charge is 0.226 e. The van der Waals surface area contributed by atoms with Gasteiger partial charge in [0.25, 0.3) is 0 Å². The van der Waals surface area contributed by atoms with Gasteiger partial charge >= 0.3 is 0 Å². The summed E-state index contributed by atoms with van der Waals surface area (Å²) in [7, 11) is 1.59. The van der Waals surface area contributed by atoms with Gasteiger partial charge in [0.15, 0.2) is 0 Å². The third-order valence-corrected chi connectivity index (χ3v) is 3.79. The van der Waals surface area contributed by atoms with Crippen LogP contribution in [0.4, 0.5) is 11.4 Å². The summed E-state index contributed by atoms with van der Waals surface area (Å²) in [6, 6.07) is 14.4. The molecule has 0 radical (unpaired) electrons. The summed E-state index contributed by atoms with van der Waals surface area (Å²) in [5, 5.41) is 2.84. The topological polar surface area (TPSA) is 67.9 Å². The van der Waals surface area contributed by atoms with Crippen molar-refractivity contribution in [3.8, 4) is 11.5 Å². The fourth-order valence-corrected chi connectivity index (χ4v) is 2.51. The van der Waals surface area contributed by atoms with E-state index in [0.29, 0.717) is 23.8 Å². The molecule has 0 aliphatic carbocycles. The van der Waals surface area contributed by atoms with Crippen LogP contribution in [0, 0.1) is 0 Å². The van der Waals surface area contributed by atoms with E-state index in [9.17, 15) is 9.59 Å². The van der Waals surface area contributed by atoms with Gasteiger partial charge in [-0.1, -0.05) is 12.1 Å². The van der Waals surface area contributed by atoms with Gasteiger partial charge in [0, 0.05) is 25.6 Å². The van der Waals surface area contributed by atoms with Crippen molar-refractivity contribution in [2.24, 2.45) is 0 Å². The summed E-state index contributed by atoms with van der Waals surface area (Å²) in [5.74, 6) is 1.03. The zero-order valence-electron chi connectivity index (χ0n) is 15.3. The summed E-state index contributed by atoms with van der Waals surface area (Å²) in [6.07, 6.45) is 0.173. The number of hydrogen-bond donors (Lipinski definition) is 1. The number of nitrogens with one attached hydrogen (secondary N) is 1. The zero-order valence-corrected chi connectivity index (χ0v) is 15.3. The maximum Gasteiger partial charge on any atom is 0.226 e. The molecule has 0 unspecified atom stereocenters. The number of nitrogens with zero attached hydrogens (tertiary/aromatic N) is 1. The maximum absolute atomic E-state index is 12.3. The van der Waals surface area contributed by atoms with Crippen molar-refractivity contribution in [2.75, 3.05) is 30.5 Å². The van der Waals surface area contributed by atoms with Crippen LogP contribution < -0.4 is 19.7 Å². The second-order valence-electron chi connectivity index (χ2n) is 5.60. The number of para-hydroxylation sites is 2. The second kappa shape index (κ2) is 9.46. The molecule has 0 heterocycles. The Morgan fingerprint density at radius 3 is 2.38 bits per heavy atom. The fourth-order valence-electron chi connectivity index (χ4n) is 2.51. The van der Waals surface area contributed by atoms with Crippen molar-refractivity contribution in [1.82, 2.24) is 0 Å². The summed E-state index contributed by atoms with van der Waals surface area (Å²) >= 11 is 0. The average Bonchev–Trinajstić information content (AvgIpc) is 2.64. The van der Waals surface area contributed by atoms with E-state index in [1.165, 1.54) is 6.92 Å². The number of amides is 2. The van der Waals surface area contributed by atoms with Gasteiger partial charge in [0.05, 0.1) is 19.4 Å². The van der Waals surface area contributed by atoms with Crippen molar-refractivity contribution in [2.45, 2.75) is 20.3 Å². The number of benzene rings is 2. The minimum absolute atomic E-state index is 0.127. The summed E-state index contributed by atoms with van der Waals surface area (Å²) in [5.41, 5.74) is 1.35. The Balaban J connectivity index is 2.00. The van der Waals surface area contributed by atoms with E-state index < -0.39 is 0 Å². The Morgan fingerprint density at radius 1 is 1.08 bits per heavy atom. The first-order chi connectivity index (χ1) is 12.5. The van der Waals surface area contributed by atoms with E-state index in [4.69, 9.17) is 9.47 Å². The highest BCUT2D eigenvalue weighted by atomic mass is 16.5. The van der Waals surface area contributed by atoms with Crippen molar-refractivity contribution in [3.05, 3.63) is 48.5 Å². The first-order valence-corrected chi connectivity index (χ1v) is 8.49. The first kappa shape index (κ1) is 19.3. The molecule has 0 aliphatic rings. The molecule has 0 saturated carbocycles. The minimum Gasteiger partial charge on any atom is -0.497 e. The number of carbonyl (C=O) groups is 2. The molecule has 6 nitrogen and oxygen atoms in total. The predicted molar refractivity (Wildman–Crippen MR) is 102 cm³/mol. The predicted octanol–water partition coefficient (Wildman–Crippen LogP) is 3.48. The highest BCUT2D eigenvalue weighted by Gasteiger charge is 2.14. The lowest BCUT2D eigenvalue weighted by Crippen LogP contribution is -2.31. The average molecular weight is 356 g/mol. The van der Waals surface area contributed by atoms with Crippen LogP contribution in [0.25, 0.3) is 0 Å². The zero-order chi connectivity index (χ0) is 18.9. The normalized spacial score (nSPS) is 10.1. The Morgan fingerprint density at radius 2 is 1.77 bits per heavy atom. The van der Waals surface area contributed by atoms with E-state index in [0.717, 1.165) is 5.69 Å². The lowest BCUT2D eigenvalue weighted by molar-refractivity contribution is -0.117. The molecule has 0 bridgehead atoms. The summed E-state index contributed by atoms with van der Waals surface area (Å²) < 4.78 is 10.6. The largest absolute Gasteiger partial charge is 0.497 e. The number of rotatable bonds is 8.